The van der Waals surface area contributed by atoms with Crippen LogP contribution in [0.2, 0.25) is 0 Å². The van der Waals surface area contributed by atoms with E-state index in [0.29, 0.717) is 29.4 Å². The Balaban J connectivity index is 1.46. The summed E-state index contributed by atoms with van der Waals surface area (Å²) in [6.45, 7) is 2.14. The van der Waals surface area contributed by atoms with Crippen molar-refractivity contribution in [2.75, 3.05) is 0 Å². The van der Waals surface area contributed by atoms with Crippen LogP contribution < -0.4 is 5.32 Å². The molecule has 0 bridgehead atoms. The van der Waals surface area contributed by atoms with Crippen molar-refractivity contribution in [1.82, 2.24) is 25.1 Å². The van der Waals surface area contributed by atoms with E-state index in [1.165, 1.54) is 23.5 Å². The van der Waals surface area contributed by atoms with Crippen LogP contribution in [0.4, 0.5) is 4.39 Å². The van der Waals surface area contributed by atoms with Gasteiger partial charge in [-0.3, -0.25) is 4.79 Å². The van der Waals surface area contributed by atoms with Gasteiger partial charge in [0, 0.05) is 37.1 Å². The summed E-state index contributed by atoms with van der Waals surface area (Å²) in [5.41, 5.74) is 2.49. The highest BCUT2D eigenvalue weighted by atomic mass is 32.1. The average molecular weight is 407 g/mol. The molecule has 1 amide bonds. The quantitative estimate of drug-likeness (QED) is 0.529. The van der Waals surface area contributed by atoms with Crippen molar-refractivity contribution in [2.24, 2.45) is 0 Å². The number of thiazole rings is 1. The molecule has 3 heterocycles. The second kappa shape index (κ2) is 8.32. The maximum Gasteiger partial charge on any atom is 0.263 e. The summed E-state index contributed by atoms with van der Waals surface area (Å²) in [5, 5.41) is 7.97. The zero-order valence-electron chi connectivity index (χ0n) is 15.7. The van der Waals surface area contributed by atoms with Gasteiger partial charge in [0.1, 0.15) is 10.7 Å². The molecule has 6 nitrogen and oxygen atoms in total. The molecule has 3 aromatic heterocycles. The topological polar surface area (TPSA) is 72.7 Å². The summed E-state index contributed by atoms with van der Waals surface area (Å²) in [5.74, 6) is 0.227. The number of amides is 1. The Kier molecular flexibility index (Phi) is 5.44. The number of hydrogen-bond acceptors (Lipinski definition) is 5. The highest BCUT2D eigenvalue weighted by molar-refractivity contribution is 7.13. The molecule has 146 valence electrons. The number of pyridine rings is 1. The van der Waals surface area contributed by atoms with Crippen LogP contribution in [0.1, 0.15) is 31.5 Å². The fourth-order valence-electron chi connectivity index (χ4n) is 2.94. The first-order chi connectivity index (χ1) is 14.1. The largest absolute Gasteiger partial charge is 0.347 e. The Morgan fingerprint density at radius 3 is 2.76 bits per heavy atom. The molecule has 1 aromatic carbocycles. The summed E-state index contributed by atoms with van der Waals surface area (Å²) < 4.78 is 14.7. The van der Waals surface area contributed by atoms with Crippen LogP contribution in [-0.2, 0) is 13.0 Å². The summed E-state index contributed by atoms with van der Waals surface area (Å²) in [6.07, 6.45) is 5.74. The van der Waals surface area contributed by atoms with Gasteiger partial charge < -0.3 is 5.32 Å². The molecule has 0 aliphatic rings. The van der Waals surface area contributed by atoms with Gasteiger partial charge in [-0.1, -0.05) is 18.2 Å². The fraction of sp³-hybridized carbons (Fsp3) is 0.143. The minimum absolute atomic E-state index is 0.180. The van der Waals surface area contributed by atoms with Crippen molar-refractivity contribution < 1.29 is 9.18 Å². The third-order valence-electron chi connectivity index (χ3n) is 4.34. The number of halogens is 1. The number of rotatable bonds is 6. The molecule has 29 heavy (non-hydrogen) atoms. The zero-order valence-corrected chi connectivity index (χ0v) is 16.5. The van der Waals surface area contributed by atoms with E-state index in [1.807, 2.05) is 31.3 Å². The Morgan fingerprint density at radius 1 is 1.17 bits per heavy atom. The van der Waals surface area contributed by atoms with Crippen molar-refractivity contribution in [2.45, 2.75) is 19.9 Å². The minimum atomic E-state index is -0.269. The van der Waals surface area contributed by atoms with Gasteiger partial charge in [-0.15, -0.1) is 11.3 Å². The van der Waals surface area contributed by atoms with Crippen LogP contribution >= 0.6 is 11.3 Å². The lowest BCUT2D eigenvalue weighted by atomic mass is 10.1. The number of nitrogens with one attached hydrogen (secondary N) is 1. The van der Waals surface area contributed by atoms with Gasteiger partial charge in [0.15, 0.2) is 5.82 Å². The third kappa shape index (κ3) is 4.38. The van der Waals surface area contributed by atoms with Gasteiger partial charge in [0.25, 0.3) is 5.91 Å². The van der Waals surface area contributed by atoms with Crippen molar-refractivity contribution >= 4 is 17.2 Å². The zero-order chi connectivity index (χ0) is 20.2. The molecule has 4 rings (SSSR count). The smallest absolute Gasteiger partial charge is 0.263 e. The molecule has 4 aromatic rings. The fourth-order valence-corrected chi connectivity index (χ4v) is 3.96. The van der Waals surface area contributed by atoms with Crippen LogP contribution in [0, 0.1) is 12.7 Å². The molecule has 0 fully saturated rings. The number of carbonyl (C=O) groups is 1. The van der Waals surface area contributed by atoms with Crippen LogP contribution in [0.5, 0.6) is 0 Å². The molecular weight excluding hydrogens is 389 g/mol. The lowest BCUT2D eigenvalue weighted by Crippen LogP contribution is -2.23. The predicted molar refractivity (Wildman–Crippen MR) is 109 cm³/mol. The maximum atomic E-state index is 13.1. The minimum Gasteiger partial charge on any atom is -0.347 e. The Morgan fingerprint density at radius 2 is 2.00 bits per heavy atom. The second-order valence-electron chi connectivity index (χ2n) is 6.44. The van der Waals surface area contributed by atoms with Gasteiger partial charge in [0.05, 0.1) is 10.7 Å². The summed E-state index contributed by atoms with van der Waals surface area (Å²) in [6, 6.07) is 11.9. The first-order valence-electron chi connectivity index (χ1n) is 9.03. The van der Waals surface area contributed by atoms with E-state index in [2.05, 4.69) is 20.4 Å². The number of carbonyl (C=O) groups excluding carboxylic acids is 1. The van der Waals surface area contributed by atoms with Crippen molar-refractivity contribution in [3.63, 3.8) is 0 Å². The maximum absolute atomic E-state index is 13.1. The van der Waals surface area contributed by atoms with Gasteiger partial charge >= 0.3 is 0 Å². The summed E-state index contributed by atoms with van der Waals surface area (Å²) in [7, 11) is 0. The Labute approximate surface area is 171 Å². The van der Waals surface area contributed by atoms with Crippen molar-refractivity contribution in [3.05, 3.63) is 93.6 Å². The lowest BCUT2D eigenvalue weighted by molar-refractivity contribution is 0.0954. The first kappa shape index (κ1) is 18.9. The average Bonchev–Trinajstić information content (AvgIpc) is 3.38. The van der Waals surface area contributed by atoms with Crippen LogP contribution in [0.15, 0.2) is 61.1 Å². The monoisotopic (exact) mass is 407 g/mol. The van der Waals surface area contributed by atoms with Crippen molar-refractivity contribution in [1.29, 1.82) is 0 Å². The van der Waals surface area contributed by atoms with E-state index in [0.717, 1.165) is 16.1 Å². The number of aryl methyl sites for hydroxylation is 1. The normalized spacial score (nSPS) is 10.8. The molecule has 0 aliphatic heterocycles. The van der Waals surface area contributed by atoms with Crippen molar-refractivity contribution in [3.8, 4) is 5.82 Å². The van der Waals surface area contributed by atoms with Crippen LogP contribution in [0.3, 0.4) is 0 Å². The molecule has 0 spiro atoms. The van der Waals surface area contributed by atoms with E-state index >= 15 is 0 Å². The molecule has 0 atom stereocenters. The SMILES string of the molecule is Cc1nc(Cc2ccc(F)cc2)sc1C(=O)NCc1cccnc1-n1cccn1. The highest BCUT2D eigenvalue weighted by Crippen LogP contribution is 2.21. The third-order valence-corrected chi connectivity index (χ3v) is 5.50. The molecular formula is C21H18FN5OS. The van der Waals surface area contributed by atoms with Gasteiger partial charge in [-0.2, -0.15) is 5.10 Å². The molecule has 0 aliphatic carbocycles. The molecule has 8 heteroatoms. The first-order valence-corrected chi connectivity index (χ1v) is 9.84. The van der Waals surface area contributed by atoms with E-state index in [4.69, 9.17) is 0 Å². The molecule has 0 saturated carbocycles. The molecule has 0 radical (unpaired) electrons. The number of nitrogens with zero attached hydrogens (tertiary/aromatic N) is 4. The Hall–Kier alpha value is -3.39. The molecule has 1 N–H and O–H groups in total. The number of benzene rings is 1. The van der Waals surface area contributed by atoms with Crippen LogP contribution in [0.25, 0.3) is 5.82 Å². The lowest BCUT2D eigenvalue weighted by Gasteiger charge is -2.09. The Bertz CT molecular complexity index is 1120. The van der Waals surface area contributed by atoms with Gasteiger partial charge in [-0.05, 0) is 36.8 Å². The van der Waals surface area contributed by atoms with E-state index < -0.39 is 0 Å². The van der Waals surface area contributed by atoms with E-state index in [-0.39, 0.29) is 11.7 Å². The molecule has 0 saturated heterocycles. The van der Waals surface area contributed by atoms with Gasteiger partial charge in [0.2, 0.25) is 0 Å². The van der Waals surface area contributed by atoms with Crippen LogP contribution in [-0.4, -0.2) is 25.7 Å². The number of aromatic nitrogens is 4. The summed E-state index contributed by atoms with van der Waals surface area (Å²) >= 11 is 1.35. The standard InChI is InChI=1S/C21H18FN5OS/c1-14-19(29-18(26-14)12-15-5-7-17(22)8-6-15)21(28)24-13-16-4-2-9-23-20(16)27-11-3-10-25-27/h2-11H,12-13H2,1H3,(H,24,28). The van der Waals surface area contributed by atoms with E-state index in [9.17, 15) is 9.18 Å². The molecule has 0 unspecified atom stereocenters. The van der Waals surface area contributed by atoms with E-state index in [1.54, 1.807) is 29.2 Å². The second-order valence-corrected chi connectivity index (χ2v) is 7.53. The summed E-state index contributed by atoms with van der Waals surface area (Å²) in [4.78, 5) is 22.1. The predicted octanol–water partition coefficient (Wildman–Crippen LogP) is 3.69. The van der Waals surface area contributed by atoms with Gasteiger partial charge in [-0.25, -0.2) is 19.0 Å². The number of hydrogen-bond donors (Lipinski definition) is 1. The highest BCUT2D eigenvalue weighted by Gasteiger charge is 2.16.